The van der Waals surface area contributed by atoms with Crippen molar-refractivity contribution in [1.29, 1.82) is 0 Å². The van der Waals surface area contributed by atoms with E-state index < -0.39 is 0 Å². The Bertz CT molecular complexity index is 1080. The summed E-state index contributed by atoms with van der Waals surface area (Å²) < 4.78 is 22.0. The van der Waals surface area contributed by atoms with Gasteiger partial charge in [0.05, 0.1) is 20.3 Å². The van der Waals surface area contributed by atoms with Gasteiger partial charge < -0.3 is 18.9 Å². The zero-order valence-electron chi connectivity index (χ0n) is 17.8. The Labute approximate surface area is 180 Å². The lowest BCUT2D eigenvalue weighted by molar-refractivity contribution is 0.103. The lowest BCUT2D eigenvalue weighted by Gasteiger charge is -2.14. The third-order valence-electron chi connectivity index (χ3n) is 4.64. The molecule has 162 valence electrons. The lowest BCUT2D eigenvalue weighted by atomic mass is 9.99. The number of nitrogens with zero attached hydrogens (tertiary/aromatic N) is 1. The molecule has 0 spiro atoms. The van der Waals surface area contributed by atoms with E-state index in [2.05, 4.69) is 4.98 Å². The molecule has 0 amide bonds. The van der Waals surface area contributed by atoms with Gasteiger partial charge in [-0.15, -0.1) is 0 Å². The second kappa shape index (κ2) is 10.5. The molecule has 0 aliphatic heterocycles. The first kappa shape index (κ1) is 22.2. The summed E-state index contributed by atoms with van der Waals surface area (Å²) in [6.07, 6.45) is 2.10. The Balaban J connectivity index is 2.07. The number of benzene rings is 2. The molecule has 1 aromatic heterocycles. The van der Waals surface area contributed by atoms with Crippen molar-refractivity contribution in [3.8, 4) is 17.2 Å². The molecular formula is C24H25NO6. The number of pyridine rings is 1. The quantitative estimate of drug-likeness (QED) is 0.261. The normalized spacial score (nSPS) is 10.7. The Hall–Kier alpha value is -3.45. The third kappa shape index (κ3) is 5.00. The number of rotatable bonds is 11. The zero-order valence-corrected chi connectivity index (χ0v) is 17.8. The van der Waals surface area contributed by atoms with Crippen LogP contribution in [0, 0.1) is 0 Å². The number of ether oxygens (including phenoxy) is 4. The molecule has 31 heavy (non-hydrogen) atoms. The summed E-state index contributed by atoms with van der Waals surface area (Å²) in [5.41, 5.74) is 1.01. The summed E-state index contributed by atoms with van der Waals surface area (Å²) in [7, 11) is 1.51. The smallest absolute Gasteiger partial charge is 0.212 e. The first-order valence-corrected chi connectivity index (χ1v) is 10.1. The average Bonchev–Trinajstić information content (AvgIpc) is 2.80. The highest BCUT2D eigenvalue weighted by Gasteiger charge is 2.19. The van der Waals surface area contributed by atoms with Crippen LogP contribution in [0.3, 0.4) is 0 Å². The van der Waals surface area contributed by atoms with Crippen molar-refractivity contribution in [3.05, 3.63) is 59.4 Å². The van der Waals surface area contributed by atoms with Gasteiger partial charge in [0.25, 0.3) is 0 Å². The van der Waals surface area contributed by atoms with Crippen LogP contribution in [0.4, 0.5) is 0 Å². The van der Waals surface area contributed by atoms with Crippen LogP contribution in [-0.4, -0.2) is 50.6 Å². The van der Waals surface area contributed by atoms with Crippen molar-refractivity contribution in [2.45, 2.75) is 13.8 Å². The maximum absolute atomic E-state index is 13.2. The molecule has 0 atom stereocenters. The maximum atomic E-state index is 13.2. The molecule has 1 heterocycles. The van der Waals surface area contributed by atoms with Gasteiger partial charge in [-0.05, 0) is 43.5 Å². The third-order valence-corrected chi connectivity index (χ3v) is 4.64. The number of carbonyl (C=O) groups excluding carboxylic acids is 2. The van der Waals surface area contributed by atoms with Crippen molar-refractivity contribution in [2.24, 2.45) is 0 Å². The van der Waals surface area contributed by atoms with Crippen molar-refractivity contribution in [1.82, 2.24) is 4.98 Å². The monoisotopic (exact) mass is 423 g/mol. The molecule has 3 aromatic rings. The molecule has 0 saturated carbocycles. The summed E-state index contributed by atoms with van der Waals surface area (Å²) in [6.45, 7) is 5.62. The molecule has 0 bridgehead atoms. The fourth-order valence-electron chi connectivity index (χ4n) is 3.20. The molecule has 7 nitrogen and oxygen atoms in total. The van der Waals surface area contributed by atoms with Crippen molar-refractivity contribution in [2.75, 3.05) is 33.5 Å². The second-order valence-corrected chi connectivity index (χ2v) is 6.56. The van der Waals surface area contributed by atoms with Gasteiger partial charge in [-0.25, -0.2) is 0 Å². The van der Waals surface area contributed by atoms with Crippen LogP contribution >= 0.6 is 0 Å². The highest BCUT2D eigenvalue weighted by molar-refractivity contribution is 6.17. The van der Waals surface area contributed by atoms with Crippen LogP contribution in [0.25, 0.3) is 10.8 Å². The van der Waals surface area contributed by atoms with Crippen LogP contribution in [-0.2, 0) is 4.74 Å². The number of aldehydes is 1. The summed E-state index contributed by atoms with van der Waals surface area (Å²) in [5, 5.41) is 1.06. The van der Waals surface area contributed by atoms with E-state index in [-0.39, 0.29) is 11.5 Å². The van der Waals surface area contributed by atoms with E-state index in [0.29, 0.717) is 71.9 Å². The van der Waals surface area contributed by atoms with Gasteiger partial charge >= 0.3 is 0 Å². The molecule has 3 rings (SSSR count). The Morgan fingerprint density at radius 3 is 2.52 bits per heavy atom. The minimum absolute atomic E-state index is 0.216. The number of aromatic nitrogens is 1. The Kier molecular flexibility index (Phi) is 7.56. The van der Waals surface area contributed by atoms with E-state index in [1.807, 2.05) is 13.8 Å². The first-order valence-electron chi connectivity index (χ1n) is 10.1. The molecular weight excluding hydrogens is 398 g/mol. The van der Waals surface area contributed by atoms with E-state index in [4.69, 9.17) is 18.9 Å². The molecule has 0 N–H and O–H groups in total. The lowest BCUT2D eigenvalue weighted by Crippen LogP contribution is -2.09. The SMILES string of the molecule is CCOCCOc1cc2c(C=O)cnc(C(=O)c3cccc(OCC)c3)c2cc1OC. The number of hydrogen-bond donors (Lipinski definition) is 0. The summed E-state index contributed by atoms with van der Waals surface area (Å²) in [6, 6.07) is 10.3. The first-order chi connectivity index (χ1) is 15.1. The fraction of sp³-hybridized carbons (Fsp3) is 0.292. The van der Waals surface area contributed by atoms with Crippen LogP contribution < -0.4 is 14.2 Å². The van der Waals surface area contributed by atoms with E-state index in [1.54, 1.807) is 36.4 Å². The van der Waals surface area contributed by atoms with Gasteiger partial charge in [0.15, 0.2) is 17.8 Å². The average molecular weight is 423 g/mol. The maximum Gasteiger partial charge on any atom is 0.212 e. The zero-order chi connectivity index (χ0) is 22.2. The van der Waals surface area contributed by atoms with Crippen LogP contribution in [0.5, 0.6) is 17.2 Å². The van der Waals surface area contributed by atoms with Gasteiger partial charge in [-0.3, -0.25) is 14.6 Å². The van der Waals surface area contributed by atoms with Gasteiger partial charge in [-0.2, -0.15) is 0 Å². The summed E-state index contributed by atoms with van der Waals surface area (Å²) in [5.74, 6) is 1.22. The fourth-order valence-corrected chi connectivity index (χ4v) is 3.20. The van der Waals surface area contributed by atoms with E-state index in [0.717, 1.165) is 0 Å². The minimum Gasteiger partial charge on any atom is -0.494 e. The highest BCUT2D eigenvalue weighted by atomic mass is 16.5. The topological polar surface area (TPSA) is 84.0 Å². The van der Waals surface area contributed by atoms with E-state index in [1.165, 1.54) is 13.3 Å². The van der Waals surface area contributed by atoms with Crippen LogP contribution in [0.2, 0.25) is 0 Å². The number of ketones is 1. The minimum atomic E-state index is -0.281. The van der Waals surface area contributed by atoms with Gasteiger partial charge in [0.1, 0.15) is 18.1 Å². The largest absolute Gasteiger partial charge is 0.494 e. The van der Waals surface area contributed by atoms with E-state index >= 15 is 0 Å². The molecule has 0 saturated heterocycles. The van der Waals surface area contributed by atoms with Crippen LogP contribution in [0.15, 0.2) is 42.6 Å². The Morgan fingerprint density at radius 1 is 1.00 bits per heavy atom. The van der Waals surface area contributed by atoms with Gasteiger partial charge in [-0.1, -0.05) is 12.1 Å². The molecule has 2 aromatic carbocycles. The molecule has 0 unspecified atom stereocenters. The summed E-state index contributed by atoms with van der Waals surface area (Å²) in [4.78, 5) is 29.2. The highest BCUT2D eigenvalue weighted by Crippen LogP contribution is 2.35. The number of hydrogen-bond acceptors (Lipinski definition) is 7. The van der Waals surface area contributed by atoms with Gasteiger partial charge in [0, 0.05) is 29.3 Å². The molecule has 0 aliphatic carbocycles. The van der Waals surface area contributed by atoms with Gasteiger partial charge in [0.2, 0.25) is 5.78 Å². The molecule has 0 fully saturated rings. The van der Waals surface area contributed by atoms with Crippen LogP contribution in [0.1, 0.15) is 40.3 Å². The standard InChI is InChI=1S/C24H25NO6/c1-4-29-9-10-31-22-12-19-17(15-26)14-25-23(20(19)13-21(22)28-3)24(27)16-7-6-8-18(11-16)30-5-2/h6-8,11-15H,4-5,9-10H2,1-3H3. The molecule has 0 aliphatic rings. The van der Waals surface area contributed by atoms with Crippen molar-refractivity contribution >= 4 is 22.8 Å². The number of methoxy groups -OCH3 is 1. The molecule has 7 heteroatoms. The van der Waals surface area contributed by atoms with E-state index in [9.17, 15) is 9.59 Å². The predicted molar refractivity (Wildman–Crippen MR) is 117 cm³/mol. The van der Waals surface area contributed by atoms with Crippen molar-refractivity contribution in [3.63, 3.8) is 0 Å². The Morgan fingerprint density at radius 2 is 1.81 bits per heavy atom. The predicted octanol–water partition coefficient (Wildman–Crippen LogP) is 4.10. The number of carbonyl (C=O) groups is 2. The second-order valence-electron chi connectivity index (χ2n) is 6.56. The molecule has 0 radical (unpaired) electrons. The van der Waals surface area contributed by atoms with Crippen molar-refractivity contribution < 1.29 is 28.5 Å². The number of fused-ring (bicyclic) bond motifs is 1. The summed E-state index contributed by atoms with van der Waals surface area (Å²) >= 11 is 0.